The zero-order valence-electron chi connectivity index (χ0n) is 4.99. The van der Waals surface area contributed by atoms with Crippen molar-refractivity contribution in [3.63, 3.8) is 0 Å². The molecule has 0 aliphatic heterocycles. The predicted molar refractivity (Wildman–Crippen MR) is 30.5 cm³/mol. The standard InChI is InChI=1S/C5H9BO/c1-4(7)5(2,3)6/h1-3H3. The Labute approximate surface area is 45.5 Å². The van der Waals surface area contributed by atoms with Gasteiger partial charge >= 0.3 is 0 Å². The van der Waals surface area contributed by atoms with Crippen LogP contribution in [0.3, 0.4) is 0 Å². The summed E-state index contributed by atoms with van der Waals surface area (Å²) >= 11 is 0. The summed E-state index contributed by atoms with van der Waals surface area (Å²) in [7, 11) is 5.33. The number of hydrogen-bond acceptors (Lipinski definition) is 1. The van der Waals surface area contributed by atoms with Gasteiger partial charge in [0.1, 0.15) is 5.78 Å². The molecule has 0 N–H and O–H groups in total. The van der Waals surface area contributed by atoms with Gasteiger partial charge < -0.3 is 4.79 Å². The van der Waals surface area contributed by atoms with Gasteiger partial charge in [-0.05, 0) is 12.2 Å². The molecule has 1 nitrogen and oxygen atoms in total. The van der Waals surface area contributed by atoms with Gasteiger partial charge in [0.2, 0.25) is 0 Å². The van der Waals surface area contributed by atoms with Gasteiger partial charge in [0, 0.05) is 0 Å². The maximum Gasteiger partial charge on any atom is 0.126 e. The second-order valence-corrected chi connectivity index (χ2v) is 2.28. The average Bonchev–Trinajstić information content (AvgIpc) is 1.31. The van der Waals surface area contributed by atoms with Crippen molar-refractivity contribution in [3.8, 4) is 0 Å². The number of hydrogen-bond donors (Lipinski definition) is 0. The summed E-state index contributed by atoms with van der Waals surface area (Å²) in [5.41, 5.74) is 0. The van der Waals surface area contributed by atoms with Crippen molar-refractivity contribution in [1.82, 2.24) is 0 Å². The maximum absolute atomic E-state index is 10.3. The highest BCUT2D eigenvalue weighted by molar-refractivity contribution is 6.27. The summed E-state index contributed by atoms with van der Waals surface area (Å²) in [5, 5.41) is -0.639. The Morgan fingerprint density at radius 2 is 1.71 bits per heavy atom. The minimum absolute atomic E-state index is 0.0208. The highest BCUT2D eigenvalue weighted by atomic mass is 16.1. The fourth-order valence-electron chi connectivity index (χ4n) is 0. The normalized spacial score (nSPS) is 11.3. The molecule has 0 aliphatic rings. The molecular weight excluding hydrogens is 86.9 g/mol. The van der Waals surface area contributed by atoms with Crippen LogP contribution in [0, 0.1) is 0 Å². The number of carbonyl (C=O) groups is 1. The summed E-state index contributed by atoms with van der Waals surface area (Å²) < 4.78 is 0. The van der Waals surface area contributed by atoms with Crippen molar-refractivity contribution in [3.05, 3.63) is 0 Å². The first-order valence-corrected chi connectivity index (χ1v) is 2.24. The Hall–Kier alpha value is -0.265. The van der Waals surface area contributed by atoms with E-state index < -0.39 is 5.31 Å². The summed E-state index contributed by atoms with van der Waals surface area (Å²) in [5.74, 6) is 0.0208. The van der Waals surface area contributed by atoms with Crippen molar-refractivity contribution in [2.75, 3.05) is 0 Å². The Balaban J connectivity index is 3.79. The SMILES string of the molecule is [B]C(C)(C)C(C)=O. The van der Waals surface area contributed by atoms with Crippen LogP contribution in [0.4, 0.5) is 0 Å². The van der Waals surface area contributed by atoms with Crippen LogP contribution in [-0.2, 0) is 4.79 Å². The first-order chi connectivity index (χ1) is 2.94. The highest BCUT2D eigenvalue weighted by Gasteiger charge is 2.14. The molecule has 0 spiro atoms. The summed E-state index contributed by atoms with van der Waals surface area (Å²) in [4.78, 5) is 10.3. The summed E-state index contributed by atoms with van der Waals surface area (Å²) in [6.07, 6.45) is 0. The van der Waals surface area contributed by atoms with Crippen LogP contribution in [-0.4, -0.2) is 13.6 Å². The molecule has 2 radical (unpaired) electrons. The minimum Gasteiger partial charge on any atom is -0.300 e. The molecule has 38 valence electrons. The van der Waals surface area contributed by atoms with Gasteiger partial charge in [-0.2, -0.15) is 0 Å². The maximum atomic E-state index is 10.3. The monoisotopic (exact) mass is 96.1 g/mol. The fraction of sp³-hybridized carbons (Fsp3) is 0.800. The molecule has 0 unspecified atom stereocenters. The van der Waals surface area contributed by atoms with Gasteiger partial charge in [-0.15, -0.1) is 0 Å². The van der Waals surface area contributed by atoms with Gasteiger partial charge in [-0.1, -0.05) is 13.8 Å². The van der Waals surface area contributed by atoms with Gasteiger partial charge in [0.05, 0.1) is 7.85 Å². The van der Waals surface area contributed by atoms with E-state index in [2.05, 4.69) is 0 Å². The van der Waals surface area contributed by atoms with E-state index in [-0.39, 0.29) is 5.78 Å². The van der Waals surface area contributed by atoms with E-state index in [1.165, 1.54) is 6.92 Å². The number of Topliss-reactive ketones (excluding diaryl/α,β-unsaturated/α-hetero) is 1. The van der Waals surface area contributed by atoms with E-state index >= 15 is 0 Å². The third kappa shape index (κ3) is 2.43. The molecule has 0 heterocycles. The van der Waals surface area contributed by atoms with Gasteiger partial charge in [-0.3, -0.25) is 0 Å². The van der Waals surface area contributed by atoms with Crippen LogP contribution in [0.2, 0.25) is 5.31 Å². The Kier molecular flexibility index (Phi) is 1.62. The predicted octanol–water partition coefficient (Wildman–Crippen LogP) is 0.942. The molecule has 7 heavy (non-hydrogen) atoms. The second kappa shape index (κ2) is 1.69. The lowest BCUT2D eigenvalue weighted by atomic mass is 9.70. The first-order valence-electron chi connectivity index (χ1n) is 2.24. The molecule has 0 aromatic heterocycles. The van der Waals surface area contributed by atoms with Crippen LogP contribution < -0.4 is 0 Å². The highest BCUT2D eigenvalue weighted by Crippen LogP contribution is 2.17. The molecular formula is C5H9BO. The zero-order valence-corrected chi connectivity index (χ0v) is 4.99. The molecule has 0 aromatic carbocycles. The van der Waals surface area contributed by atoms with Crippen LogP contribution in [0.5, 0.6) is 0 Å². The van der Waals surface area contributed by atoms with E-state index in [1.807, 2.05) is 0 Å². The molecule has 0 bridgehead atoms. The lowest BCUT2D eigenvalue weighted by molar-refractivity contribution is -0.119. The van der Waals surface area contributed by atoms with E-state index in [0.29, 0.717) is 0 Å². The van der Waals surface area contributed by atoms with Crippen LogP contribution in [0.1, 0.15) is 20.8 Å². The molecule has 0 rings (SSSR count). The summed E-state index contributed by atoms with van der Waals surface area (Å²) in [6, 6.07) is 0. The molecule has 0 fully saturated rings. The van der Waals surface area contributed by atoms with Crippen molar-refractivity contribution in [2.45, 2.75) is 26.1 Å². The average molecular weight is 95.9 g/mol. The lowest BCUT2D eigenvalue weighted by Crippen LogP contribution is -2.12. The largest absolute Gasteiger partial charge is 0.300 e. The van der Waals surface area contributed by atoms with E-state index in [1.54, 1.807) is 13.8 Å². The minimum atomic E-state index is -0.639. The molecule has 0 atom stereocenters. The van der Waals surface area contributed by atoms with Gasteiger partial charge in [0.15, 0.2) is 0 Å². The van der Waals surface area contributed by atoms with Crippen molar-refractivity contribution >= 4 is 13.6 Å². The summed E-state index contributed by atoms with van der Waals surface area (Å²) in [6.45, 7) is 4.87. The topological polar surface area (TPSA) is 17.1 Å². The van der Waals surface area contributed by atoms with Crippen LogP contribution in [0.25, 0.3) is 0 Å². The van der Waals surface area contributed by atoms with Crippen LogP contribution >= 0.6 is 0 Å². The Morgan fingerprint density at radius 3 is 1.71 bits per heavy atom. The van der Waals surface area contributed by atoms with E-state index in [4.69, 9.17) is 7.85 Å². The van der Waals surface area contributed by atoms with Crippen molar-refractivity contribution < 1.29 is 4.79 Å². The number of carbonyl (C=O) groups excluding carboxylic acids is 1. The lowest BCUT2D eigenvalue weighted by Gasteiger charge is -2.11. The smallest absolute Gasteiger partial charge is 0.126 e. The molecule has 0 saturated heterocycles. The van der Waals surface area contributed by atoms with Crippen LogP contribution in [0.15, 0.2) is 0 Å². The van der Waals surface area contributed by atoms with E-state index in [0.717, 1.165) is 0 Å². The Morgan fingerprint density at radius 1 is 1.57 bits per heavy atom. The second-order valence-electron chi connectivity index (χ2n) is 2.28. The van der Waals surface area contributed by atoms with Gasteiger partial charge in [-0.25, -0.2) is 0 Å². The molecule has 0 saturated carbocycles. The first kappa shape index (κ1) is 6.73. The Bertz CT molecular complexity index is 80.6. The molecule has 0 amide bonds. The molecule has 0 aliphatic carbocycles. The molecule has 0 aromatic rings. The number of rotatable bonds is 1. The third-order valence-electron chi connectivity index (χ3n) is 0.907. The quantitative estimate of drug-likeness (QED) is 0.444. The molecule has 2 heteroatoms. The van der Waals surface area contributed by atoms with Crippen molar-refractivity contribution in [2.24, 2.45) is 0 Å². The third-order valence-corrected chi connectivity index (χ3v) is 0.907. The number of ketones is 1. The van der Waals surface area contributed by atoms with Crippen molar-refractivity contribution in [1.29, 1.82) is 0 Å². The fourth-order valence-corrected chi connectivity index (χ4v) is 0. The zero-order chi connectivity index (χ0) is 6.08. The van der Waals surface area contributed by atoms with Gasteiger partial charge in [0.25, 0.3) is 0 Å². The van der Waals surface area contributed by atoms with E-state index in [9.17, 15) is 4.79 Å².